The van der Waals surface area contributed by atoms with E-state index in [1.54, 1.807) is 19.2 Å². The molecule has 1 aliphatic heterocycles. The minimum Gasteiger partial charge on any atom is -0.473 e. The van der Waals surface area contributed by atoms with Crippen LogP contribution in [-0.2, 0) is 42.9 Å². The van der Waals surface area contributed by atoms with Gasteiger partial charge in [0.1, 0.15) is 18.7 Å². The summed E-state index contributed by atoms with van der Waals surface area (Å²) in [6.07, 6.45) is 1.59. The van der Waals surface area contributed by atoms with Gasteiger partial charge in [0.2, 0.25) is 21.8 Å². The number of hydrogen-bond acceptors (Lipinski definition) is 9. The van der Waals surface area contributed by atoms with E-state index in [1.165, 1.54) is 12.1 Å². The molecule has 0 amide bonds. The van der Waals surface area contributed by atoms with E-state index in [-0.39, 0.29) is 41.9 Å². The van der Waals surface area contributed by atoms with Gasteiger partial charge in [0.05, 0.1) is 22.7 Å². The number of nitrogens with two attached hydrogens (primary N) is 1. The van der Waals surface area contributed by atoms with Crippen molar-refractivity contribution in [2.24, 2.45) is 10.3 Å². The molecule has 3 N–H and O–H groups in total. The molecule has 0 spiro atoms. The molecular formula is C32H35N3O7S. The van der Waals surface area contributed by atoms with Crippen molar-refractivity contribution in [3.63, 3.8) is 0 Å². The molecule has 11 heteroatoms. The maximum Gasteiger partial charge on any atom is 0.238 e. The zero-order valence-corrected chi connectivity index (χ0v) is 25.1. The maximum atomic E-state index is 11.7. The lowest BCUT2D eigenvalue weighted by molar-refractivity contribution is -0.152. The summed E-state index contributed by atoms with van der Waals surface area (Å²) in [4.78, 5) is 4.66. The Hall–Kier alpha value is -4.03. The van der Waals surface area contributed by atoms with Gasteiger partial charge in [-0.2, -0.15) is 0 Å². The lowest BCUT2D eigenvalue weighted by Crippen LogP contribution is -2.42. The van der Waals surface area contributed by atoms with Crippen LogP contribution in [-0.4, -0.2) is 43.8 Å². The average Bonchev–Trinajstić information content (AvgIpc) is 3.42. The second-order valence-electron chi connectivity index (χ2n) is 10.7. The van der Waals surface area contributed by atoms with Gasteiger partial charge in [-0.15, -0.1) is 0 Å². The van der Waals surface area contributed by atoms with Crippen molar-refractivity contribution in [2.45, 2.75) is 62.4 Å². The number of primary sulfonamides is 1. The third kappa shape index (κ3) is 6.97. The summed E-state index contributed by atoms with van der Waals surface area (Å²) in [6.45, 7) is 4.26. The third-order valence-corrected chi connectivity index (χ3v) is 8.46. The van der Waals surface area contributed by atoms with Gasteiger partial charge in [0.25, 0.3) is 0 Å². The predicted octanol–water partition coefficient (Wildman–Crippen LogP) is 5.63. The highest BCUT2D eigenvalue weighted by Gasteiger charge is 2.40. The van der Waals surface area contributed by atoms with E-state index in [0.29, 0.717) is 17.0 Å². The Bertz CT molecular complexity index is 1680. The standard InChI is InChI=1S/C32H35N3O7S/c1-21-18-32(39-3,19-22(2)41-21)26-11-7-8-23(16-26)20-40-29(35-36)17-28-34-30(24-9-5-4-6-10-24)31(42-28)25-12-14-27(15-13-25)43(33,37)38/h4-16,21-22,36H,17-20H2,1-3H3,(H2,33,37,38)/b35-29-. The van der Waals surface area contributed by atoms with Crippen LogP contribution < -0.4 is 5.14 Å². The van der Waals surface area contributed by atoms with Gasteiger partial charge in [-0.1, -0.05) is 53.7 Å². The number of nitrogens with zero attached hydrogens (tertiary/aromatic N) is 2. The summed E-state index contributed by atoms with van der Waals surface area (Å²) in [5.41, 5.74) is 3.42. The summed E-state index contributed by atoms with van der Waals surface area (Å²) in [6, 6.07) is 23.5. The van der Waals surface area contributed by atoms with E-state index in [9.17, 15) is 13.6 Å². The Balaban J connectivity index is 1.36. The van der Waals surface area contributed by atoms with Crippen molar-refractivity contribution in [3.05, 3.63) is 95.9 Å². The number of aromatic nitrogens is 1. The van der Waals surface area contributed by atoms with Gasteiger partial charge in [-0.3, -0.25) is 0 Å². The van der Waals surface area contributed by atoms with Gasteiger partial charge in [0, 0.05) is 31.1 Å². The topological polar surface area (TPSA) is 146 Å². The van der Waals surface area contributed by atoms with Crippen LogP contribution in [0.15, 0.2) is 93.3 Å². The maximum absolute atomic E-state index is 11.7. The van der Waals surface area contributed by atoms with Crippen molar-refractivity contribution in [1.29, 1.82) is 0 Å². The fourth-order valence-corrected chi connectivity index (χ4v) is 6.12. The summed E-state index contributed by atoms with van der Waals surface area (Å²) in [5, 5.41) is 18.4. The summed E-state index contributed by atoms with van der Waals surface area (Å²) in [5.74, 6) is 0.712. The summed E-state index contributed by atoms with van der Waals surface area (Å²) in [7, 11) is -2.12. The van der Waals surface area contributed by atoms with E-state index in [4.69, 9.17) is 23.8 Å². The Labute approximate surface area is 251 Å². The molecule has 0 saturated carbocycles. The number of hydrogen-bond donors (Lipinski definition) is 2. The minimum atomic E-state index is -3.85. The van der Waals surface area contributed by atoms with Crippen LogP contribution in [0.4, 0.5) is 0 Å². The first-order valence-corrected chi connectivity index (χ1v) is 15.5. The Morgan fingerprint density at radius 3 is 2.35 bits per heavy atom. The smallest absolute Gasteiger partial charge is 0.238 e. The zero-order chi connectivity index (χ0) is 30.6. The number of oxime groups is 1. The first kappa shape index (κ1) is 30.4. The average molecular weight is 606 g/mol. The number of benzene rings is 3. The molecule has 2 unspecified atom stereocenters. The number of oxazole rings is 1. The van der Waals surface area contributed by atoms with E-state index >= 15 is 0 Å². The van der Waals surface area contributed by atoms with Gasteiger partial charge < -0.3 is 23.8 Å². The minimum absolute atomic E-state index is 0.0123. The predicted molar refractivity (Wildman–Crippen MR) is 161 cm³/mol. The van der Waals surface area contributed by atoms with Crippen LogP contribution >= 0.6 is 0 Å². The largest absolute Gasteiger partial charge is 0.473 e. The lowest BCUT2D eigenvalue weighted by atomic mass is 9.81. The zero-order valence-electron chi connectivity index (χ0n) is 24.3. The monoisotopic (exact) mass is 605 g/mol. The molecule has 1 saturated heterocycles. The van der Waals surface area contributed by atoms with Crippen LogP contribution in [0.5, 0.6) is 0 Å². The highest BCUT2D eigenvalue weighted by molar-refractivity contribution is 7.89. The van der Waals surface area contributed by atoms with E-state index in [0.717, 1.165) is 29.5 Å². The lowest BCUT2D eigenvalue weighted by Gasteiger charge is -2.42. The van der Waals surface area contributed by atoms with E-state index in [1.807, 2.05) is 54.6 Å². The van der Waals surface area contributed by atoms with Crippen LogP contribution in [0.3, 0.4) is 0 Å². The Morgan fingerprint density at radius 1 is 1.02 bits per heavy atom. The molecule has 4 aromatic rings. The molecular weight excluding hydrogens is 570 g/mol. The molecule has 0 radical (unpaired) electrons. The molecule has 10 nitrogen and oxygen atoms in total. The highest BCUT2D eigenvalue weighted by Crippen LogP contribution is 2.40. The van der Waals surface area contributed by atoms with Crippen LogP contribution in [0.25, 0.3) is 22.6 Å². The molecule has 1 fully saturated rings. The molecule has 2 atom stereocenters. The molecule has 3 aromatic carbocycles. The van der Waals surface area contributed by atoms with Crippen molar-refractivity contribution >= 4 is 15.9 Å². The van der Waals surface area contributed by atoms with Crippen molar-refractivity contribution in [3.8, 4) is 22.6 Å². The van der Waals surface area contributed by atoms with Gasteiger partial charge >= 0.3 is 0 Å². The SMILES string of the molecule is COC1(c2cccc(CO/C(Cc3nc(-c4ccccc4)c(-c4ccc(S(N)(=O)=O)cc4)o3)=N\O)c2)CC(C)OC(C)C1. The highest BCUT2D eigenvalue weighted by atomic mass is 32.2. The quantitative estimate of drug-likeness (QED) is 0.108. The molecule has 0 bridgehead atoms. The molecule has 5 rings (SSSR count). The molecule has 226 valence electrons. The van der Waals surface area contributed by atoms with Gasteiger partial charge in [-0.25, -0.2) is 18.5 Å². The molecule has 2 heterocycles. The Morgan fingerprint density at radius 2 is 1.72 bits per heavy atom. The van der Waals surface area contributed by atoms with Crippen LogP contribution in [0, 0.1) is 0 Å². The second-order valence-corrected chi connectivity index (χ2v) is 12.3. The number of ether oxygens (including phenoxy) is 3. The fraction of sp³-hybridized carbons (Fsp3) is 0.312. The van der Waals surface area contributed by atoms with Crippen molar-refractivity contribution < 1.29 is 32.3 Å². The van der Waals surface area contributed by atoms with Crippen LogP contribution in [0.2, 0.25) is 0 Å². The van der Waals surface area contributed by atoms with Gasteiger partial charge in [-0.05, 0) is 55.3 Å². The first-order chi connectivity index (χ1) is 20.6. The van der Waals surface area contributed by atoms with E-state index in [2.05, 4.69) is 24.0 Å². The molecule has 43 heavy (non-hydrogen) atoms. The van der Waals surface area contributed by atoms with Crippen molar-refractivity contribution in [2.75, 3.05) is 7.11 Å². The molecule has 1 aromatic heterocycles. The Kier molecular flexibility index (Phi) is 8.97. The number of methoxy groups -OCH3 is 1. The summed E-state index contributed by atoms with van der Waals surface area (Å²) < 4.78 is 47.5. The number of rotatable bonds is 9. The third-order valence-electron chi connectivity index (χ3n) is 7.53. The fourth-order valence-electron chi connectivity index (χ4n) is 5.60. The summed E-state index contributed by atoms with van der Waals surface area (Å²) >= 11 is 0. The second kappa shape index (κ2) is 12.7. The van der Waals surface area contributed by atoms with Gasteiger partial charge in [0.15, 0.2) is 5.76 Å². The molecule has 1 aliphatic rings. The first-order valence-electron chi connectivity index (χ1n) is 13.9. The normalized spacial score (nSPS) is 21.1. The molecule has 0 aliphatic carbocycles. The number of sulfonamides is 1. The van der Waals surface area contributed by atoms with E-state index < -0.39 is 15.6 Å². The van der Waals surface area contributed by atoms with Crippen molar-refractivity contribution in [1.82, 2.24) is 4.98 Å². The van der Waals surface area contributed by atoms with Crippen LogP contribution in [0.1, 0.15) is 43.7 Å².